The van der Waals surface area contributed by atoms with E-state index in [4.69, 9.17) is 0 Å². The minimum Gasteiger partial charge on any atom is -0.352 e. The van der Waals surface area contributed by atoms with Crippen molar-refractivity contribution in [3.05, 3.63) is 57.8 Å². The molecule has 0 atom stereocenters. The van der Waals surface area contributed by atoms with Gasteiger partial charge in [0.25, 0.3) is 0 Å². The Labute approximate surface area is 130 Å². The molecule has 0 saturated carbocycles. The first-order valence-corrected chi connectivity index (χ1v) is 7.55. The van der Waals surface area contributed by atoms with Crippen LogP contribution < -0.4 is 10.6 Å². The highest BCUT2D eigenvalue weighted by Crippen LogP contribution is 2.28. The molecule has 0 spiro atoms. The molecule has 0 aliphatic carbocycles. The second kappa shape index (κ2) is 7.31. The predicted molar refractivity (Wildman–Crippen MR) is 82.8 cm³/mol. The van der Waals surface area contributed by atoms with Gasteiger partial charge in [0.05, 0.1) is 5.56 Å². The Balaban J connectivity index is 1.85. The zero-order chi connectivity index (χ0) is 16.0. The second-order valence-corrected chi connectivity index (χ2v) is 5.39. The molecule has 0 aliphatic heterocycles. The predicted octanol–water partition coefficient (Wildman–Crippen LogP) is 3.63. The van der Waals surface area contributed by atoms with E-state index in [-0.39, 0.29) is 0 Å². The number of guanidine groups is 1. The van der Waals surface area contributed by atoms with Crippen LogP contribution in [0.25, 0.3) is 0 Å². The largest absolute Gasteiger partial charge is 0.416 e. The van der Waals surface area contributed by atoms with Crippen molar-refractivity contribution in [2.45, 2.75) is 19.3 Å². The minimum absolute atomic E-state index is 0.404. The molecule has 3 nitrogen and oxygen atoms in total. The molecule has 0 unspecified atom stereocenters. The van der Waals surface area contributed by atoms with Crippen molar-refractivity contribution >= 4 is 17.3 Å². The number of hydrogen-bond donors (Lipinski definition) is 2. The molecule has 1 heterocycles. The Kier molecular flexibility index (Phi) is 5.43. The third-order valence-corrected chi connectivity index (χ3v) is 3.74. The number of alkyl halides is 3. The molecular weight excluding hydrogens is 311 g/mol. The van der Waals surface area contributed by atoms with Gasteiger partial charge in [-0.15, -0.1) is 0 Å². The van der Waals surface area contributed by atoms with Gasteiger partial charge in [0, 0.05) is 20.1 Å². The Morgan fingerprint density at radius 3 is 2.18 bits per heavy atom. The number of rotatable bonds is 4. The standard InChI is InChI=1S/C15H16F3N3S/c1-19-14(21-9-12-6-7-22-10-12)20-8-11-2-4-13(5-3-11)15(16,17)18/h2-7,10H,8-9H2,1H3,(H2,19,20,21). The summed E-state index contributed by atoms with van der Waals surface area (Å²) in [5, 5.41) is 10.2. The fourth-order valence-electron chi connectivity index (χ4n) is 1.80. The van der Waals surface area contributed by atoms with Crippen LogP contribution in [-0.4, -0.2) is 13.0 Å². The van der Waals surface area contributed by atoms with Crippen LogP contribution in [0.15, 0.2) is 46.1 Å². The SMILES string of the molecule is CN=C(NCc1ccc(C(F)(F)F)cc1)NCc1ccsc1. The number of halogens is 3. The van der Waals surface area contributed by atoms with E-state index in [1.807, 2.05) is 16.8 Å². The van der Waals surface area contributed by atoms with E-state index in [0.29, 0.717) is 19.0 Å². The summed E-state index contributed by atoms with van der Waals surface area (Å²) in [6, 6.07) is 7.10. The van der Waals surface area contributed by atoms with Crippen LogP contribution in [-0.2, 0) is 19.3 Å². The molecule has 118 valence electrons. The fraction of sp³-hybridized carbons (Fsp3) is 0.267. The number of aliphatic imine (C=N–C) groups is 1. The zero-order valence-electron chi connectivity index (χ0n) is 11.9. The number of nitrogens with zero attached hydrogens (tertiary/aromatic N) is 1. The molecule has 2 N–H and O–H groups in total. The van der Waals surface area contributed by atoms with Crippen LogP contribution >= 0.6 is 11.3 Å². The molecule has 0 radical (unpaired) electrons. The summed E-state index contributed by atoms with van der Waals surface area (Å²) in [5.41, 5.74) is 1.27. The first-order valence-electron chi connectivity index (χ1n) is 6.61. The molecule has 2 rings (SSSR count). The van der Waals surface area contributed by atoms with Gasteiger partial charge in [-0.25, -0.2) is 0 Å². The van der Waals surface area contributed by atoms with E-state index in [1.165, 1.54) is 12.1 Å². The van der Waals surface area contributed by atoms with E-state index in [9.17, 15) is 13.2 Å². The van der Waals surface area contributed by atoms with Crippen LogP contribution in [0.2, 0.25) is 0 Å². The highest BCUT2D eigenvalue weighted by Gasteiger charge is 2.29. The summed E-state index contributed by atoms with van der Waals surface area (Å²) >= 11 is 1.62. The van der Waals surface area contributed by atoms with Crippen LogP contribution in [0, 0.1) is 0 Å². The van der Waals surface area contributed by atoms with E-state index in [1.54, 1.807) is 18.4 Å². The van der Waals surface area contributed by atoms with Gasteiger partial charge < -0.3 is 10.6 Å². The van der Waals surface area contributed by atoms with Gasteiger partial charge >= 0.3 is 6.18 Å². The molecule has 0 aliphatic rings. The lowest BCUT2D eigenvalue weighted by Crippen LogP contribution is -2.36. The van der Waals surface area contributed by atoms with Crippen LogP contribution in [0.4, 0.5) is 13.2 Å². The van der Waals surface area contributed by atoms with Gasteiger partial charge in [0.2, 0.25) is 0 Å². The molecule has 0 saturated heterocycles. The first kappa shape index (κ1) is 16.4. The Hall–Kier alpha value is -2.02. The fourth-order valence-corrected chi connectivity index (χ4v) is 2.47. The summed E-state index contributed by atoms with van der Waals surface area (Å²) in [6.45, 7) is 1.05. The maximum Gasteiger partial charge on any atom is 0.416 e. The maximum atomic E-state index is 12.5. The van der Waals surface area contributed by atoms with Gasteiger partial charge in [-0.3, -0.25) is 4.99 Å². The average molecular weight is 327 g/mol. The highest BCUT2D eigenvalue weighted by molar-refractivity contribution is 7.07. The molecule has 0 amide bonds. The van der Waals surface area contributed by atoms with Crippen molar-refractivity contribution in [1.29, 1.82) is 0 Å². The number of benzene rings is 1. The first-order chi connectivity index (χ1) is 10.5. The van der Waals surface area contributed by atoms with Crippen molar-refractivity contribution < 1.29 is 13.2 Å². The topological polar surface area (TPSA) is 36.4 Å². The molecule has 0 fully saturated rings. The van der Waals surface area contributed by atoms with Gasteiger partial charge in [0.1, 0.15) is 0 Å². The summed E-state index contributed by atoms with van der Waals surface area (Å²) in [7, 11) is 1.65. The third kappa shape index (κ3) is 4.77. The van der Waals surface area contributed by atoms with Gasteiger partial charge in [-0.1, -0.05) is 12.1 Å². The van der Waals surface area contributed by atoms with Crippen molar-refractivity contribution in [1.82, 2.24) is 10.6 Å². The lowest BCUT2D eigenvalue weighted by atomic mass is 10.1. The van der Waals surface area contributed by atoms with Crippen molar-refractivity contribution in [2.24, 2.45) is 4.99 Å². The molecule has 22 heavy (non-hydrogen) atoms. The van der Waals surface area contributed by atoms with Crippen LogP contribution in [0.3, 0.4) is 0 Å². The number of hydrogen-bond acceptors (Lipinski definition) is 2. The van der Waals surface area contributed by atoms with E-state index in [0.717, 1.165) is 23.3 Å². The van der Waals surface area contributed by atoms with Crippen LogP contribution in [0.1, 0.15) is 16.7 Å². The van der Waals surface area contributed by atoms with Gasteiger partial charge in [-0.2, -0.15) is 24.5 Å². The van der Waals surface area contributed by atoms with Gasteiger partial charge in [-0.05, 0) is 40.1 Å². The molecule has 2 aromatic rings. The zero-order valence-corrected chi connectivity index (χ0v) is 12.8. The smallest absolute Gasteiger partial charge is 0.352 e. The molecule has 1 aromatic carbocycles. The Morgan fingerprint density at radius 1 is 1.05 bits per heavy atom. The molecule has 0 bridgehead atoms. The van der Waals surface area contributed by atoms with Crippen molar-refractivity contribution in [2.75, 3.05) is 7.05 Å². The van der Waals surface area contributed by atoms with E-state index < -0.39 is 11.7 Å². The van der Waals surface area contributed by atoms with E-state index in [2.05, 4.69) is 15.6 Å². The Bertz CT molecular complexity index is 604. The monoisotopic (exact) mass is 327 g/mol. The van der Waals surface area contributed by atoms with Crippen molar-refractivity contribution in [3.8, 4) is 0 Å². The lowest BCUT2D eigenvalue weighted by Gasteiger charge is -2.12. The maximum absolute atomic E-state index is 12.5. The average Bonchev–Trinajstić information content (AvgIpc) is 3.00. The number of thiophene rings is 1. The quantitative estimate of drug-likeness (QED) is 0.664. The summed E-state index contributed by atoms with van der Waals surface area (Å²) in [4.78, 5) is 4.08. The second-order valence-electron chi connectivity index (χ2n) is 4.61. The normalized spacial score (nSPS) is 12.3. The van der Waals surface area contributed by atoms with Crippen molar-refractivity contribution in [3.63, 3.8) is 0 Å². The minimum atomic E-state index is -4.30. The highest BCUT2D eigenvalue weighted by atomic mass is 32.1. The molecular formula is C15H16F3N3S. The molecule has 1 aromatic heterocycles. The molecule has 7 heteroatoms. The summed E-state index contributed by atoms with van der Waals surface area (Å²) < 4.78 is 37.4. The summed E-state index contributed by atoms with van der Waals surface area (Å²) in [6.07, 6.45) is -4.30. The third-order valence-electron chi connectivity index (χ3n) is 3.00. The summed E-state index contributed by atoms with van der Waals surface area (Å²) in [5.74, 6) is 0.603. The van der Waals surface area contributed by atoms with E-state index >= 15 is 0 Å². The number of nitrogens with one attached hydrogen (secondary N) is 2. The lowest BCUT2D eigenvalue weighted by molar-refractivity contribution is -0.137. The van der Waals surface area contributed by atoms with Gasteiger partial charge in [0.15, 0.2) is 5.96 Å². The Morgan fingerprint density at radius 2 is 1.68 bits per heavy atom. The van der Waals surface area contributed by atoms with Crippen LogP contribution in [0.5, 0.6) is 0 Å².